The van der Waals surface area contributed by atoms with Crippen molar-refractivity contribution in [3.63, 3.8) is 0 Å². The highest BCUT2D eigenvalue weighted by Crippen LogP contribution is 2.63. The summed E-state index contributed by atoms with van der Waals surface area (Å²) in [6.45, 7) is 7.06. The molecule has 2 aliphatic carbocycles. The van der Waals surface area contributed by atoms with Crippen molar-refractivity contribution in [2.75, 3.05) is 0 Å². The number of nitrogens with two attached hydrogens (primary N) is 1. The Morgan fingerprint density at radius 3 is 2.36 bits per heavy atom. The molecule has 2 aromatic carbocycles. The summed E-state index contributed by atoms with van der Waals surface area (Å²) in [5, 5.41) is 2.29. The van der Waals surface area contributed by atoms with Gasteiger partial charge in [-0.3, -0.25) is 15.3 Å². The van der Waals surface area contributed by atoms with Crippen molar-refractivity contribution in [1.29, 1.82) is 0 Å². The molecule has 0 saturated heterocycles. The second kappa shape index (κ2) is 8.59. The Labute approximate surface area is 242 Å². The van der Waals surface area contributed by atoms with Gasteiger partial charge in [-0.15, -0.1) is 0 Å². The quantitative estimate of drug-likeness (QED) is 0.296. The minimum absolute atomic E-state index is 0.0118. The predicted octanol–water partition coefficient (Wildman–Crippen LogP) is 3.14. The normalized spacial score (nSPS) is 29.5. The zero-order valence-electron chi connectivity index (χ0n) is 23.2. The monoisotopic (exact) mass is 612 g/mol. The van der Waals surface area contributed by atoms with Gasteiger partial charge in [-0.1, -0.05) is 48.9 Å². The molecule has 13 heteroatoms. The molecule has 1 amide bonds. The molecule has 3 atom stereocenters. The van der Waals surface area contributed by atoms with Crippen molar-refractivity contribution < 1.29 is 41.6 Å². The number of nitrogens with one attached hydrogen (secondary N) is 1. The lowest BCUT2D eigenvalue weighted by atomic mass is 9.52. The summed E-state index contributed by atoms with van der Waals surface area (Å²) >= 11 is 0. The standard InChI is InChI=1S/C29H29N2O9PS/c1-16-10-13-21-26(2,3)24(32)20(42(37,38)18-8-6-5-7-9-18)15-28(21)27(16,4)14-17-11-12-19-22(23(17)39-28)29(30,31-25(19)33)40-41(34,35)36/h5-13,15H,14,30H2,1-4H3,(H,31,33)(H2,34,35,36). The summed E-state index contributed by atoms with van der Waals surface area (Å²) in [5.74, 6) is -3.79. The third-order valence-corrected chi connectivity index (χ3v) is 11.3. The molecule has 2 aromatic rings. The summed E-state index contributed by atoms with van der Waals surface area (Å²) in [6.07, 6.45) is 5.22. The van der Waals surface area contributed by atoms with Gasteiger partial charge in [0.05, 0.1) is 21.4 Å². The number of hydrogen-bond acceptors (Lipinski definition) is 8. The SMILES string of the molecule is CC1=CC=C2C(C)(C)C(=O)C(S(=O)(=O)c3ccccc3)=CC23Oc2c(ccc4c2C(N)(OP(=O)(O)O)NC4=O)CC13C. The molecular formula is C29H29N2O9PS. The van der Waals surface area contributed by atoms with Gasteiger partial charge in [0, 0.05) is 5.41 Å². The molecule has 0 fully saturated rings. The van der Waals surface area contributed by atoms with Crippen LogP contribution < -0.4 is 15.8 Å². The van der Waals surface area contributed by atoms with E-state index < -0.39 is 56.5 Å². The molecule has 0 aromatic heterocycles. The van der Waals surface area contributed by atoms with Gasteiger partial charge in [0.2, 0.25) is 15.7 Å². The molecule has 4 aliphatic rings. The maximum atomic E-state index is 14.0. The van der Waals surface area contributed by atoms with E-state index in [9.17, 15) is 32.4 Å². The highest BCUT2D eigenvalue weighted by atomic mass is 32.2. The Morgan fingerprint density at radius 1 is 1.05 bits per heavy atom. The molecule has 0 radical (unpaired) electrons. The van der Waals surface area contributed by atoms with Crippen molar-refractivity contribution in [1.82, 2.24) is 5.32 Å². The fraction of sp³-hybridized carbons (Fsp3) is 0.310. The summed E-state index contributed by atoms with van der Waals surface area (Å²) in [4.78, 5) is 45.6. The van der Waals surface area contributed by atoms with Crippen molar-refractivity contribution in [3.05, 3.63) is 93.4 Å². The van der Waals surface area contributed by atoms with Gasteiger partial charge in [-0.05, 0) is 62.6 Å². The van der Waals surface area contributed by atoms with E-state index in [0.29, 0.717) is 11.1 Å². The maximum Gasteiger partial charge on any atom is 0.473 e. The highest BCUT2D eigenvalue weighted by molar-refractivity contribution is 7.96. The number of phosphoric acid groups is 1. The minimum Gasteiger partial charge on any atom is -0.477 e. The number of amides is 1. The van der Waals surface area contributed by atoms with Gasteiger partial charge < -0.3 is 19.8 Å². The zero-order valence-corrected chi connectivity index (χ0v) is 24.9. The van der Waals surface area contributed by atoms with Crippen molar-refractivity contribution in [2.45, 2.75) is 50.5 Å². The van der Waals surface area contributed by atoms with Crippen LogP contribution in [0.1, 0.15) is 49.2 Å². The maximum absolute atomic E-state index is 14.0. The number of rotatable bonds is 4. The number of ether oxygens (including phenoxy) is 1. The molecule has 0 saturated carbocycles. The summed E-state index contributed by atoms with van der Waals surface area (Å²) in [7, 11) is -9.54. The second-order valence-electron chi connectivity index (χ2n) is 11.8. The molecule has 6 rings (SSSR count). The third kappa shape index (κ3) is 3.73. The Hall–Kier alpha value is -3.38. The van der Waals surface area contributed by atoms with Crippen LogP contribution in [0.4, 0.5) is 0 Å². The minimum atomic E-state index is -5.23. The Bertz CT molecular complexity index is 1860. The molecule has 2 aliphatic heterocycles. The summed E-state index contributed by atoms with van der Waals surface area (Å²) < 4.78 is 51.6. The van der Waals surface area contributed by atoms with E-state index in [-0.39, 0.29) is 28.2 Å². The van der Waals surface area contributed by atoms with Crippen LogP contribution in [0.15, 0.2) is 81.6 Å². The van der Waals surface area contributed by atoms with Gasteiger partial charge in [-0.2, -0.15) is 0 Å². The fourth-order valence-corrected chi connectivity index (χ4v) is 8.73. The van der Waals surface area contributed by atoms with Gasteiger partial charge >= 0.3 is 7.82 Å². The first-order valence-corrected chi connectivity index (χ1v) is 16.1. The number of carbonyl (C=O) groups excluding carboxylic acids is 2. The molecule has 3 unspecified atom stereocenters. The lowest BCUT2D eigenvalue weighted by Crippen LogP contribution is -2.62. The largest absolute Gasteiger partial charge is 0.477 e. The lowest BCUT2D eigenvalue weighted by molar-refractivity contribution is -0.124. The van der Waals surface area contributed by atoms with E-state index in [0.717, 1.165) is 5.57 Å². The van der Waals surface area contributed by atoms with E-state index in [2.05, 4.69) is 5.32 Å². The number of allylic oxidation sites excluding steroid dienone is 3. The number of hydrogen-bond donors (Lipinski definition) is 4. The van der Waals surface area contributed by atoms with Crippen LogP contribution in [0.3, 0.4) is 0 Å². The van der Waals surface area contributed by atoms with E-state index >= 15 is 0 Å². The van der Waals surface area contributed by atoms with E-state index in [1.165, 1.54) is 24.3 Å². The van der Waals surface area contributed by atoms with Crippen LogP contribution in [0, 0.1) is 10.8 Å². The number of Topliss-reactive ketones (excluding diaryl/α,β-unsaturated/α-hetero) is 1. The topological polar surface area (TPSA) is 182 Å². The van der Waals surface area contributed by atoms with Crippen molar-refractivity contribution in [3.8, 4) is 5.75 Å². The van der Waals surface area contributed by atoms with Gasteiger partial charge in [0.1, 0.15) is 10.7 Å². The zero-order chi connectivity index (χ0) is 30.7. The molecule has 5 N–H and O–H groups in total. The van der Waals surface area contributed by atoms with Crippen LogP contribution in [-0.4, -0.2) is 35.5 Å². The summed E-state index contributed by atoms with van der Waals surface area (Å²) in [6, 6.07) is 10.7. The van der Waals surface area contributed by atoms with Crippen LogP contribution in [0.2, 0.25) is 0 Å². The van der Waals surface area contributed by atoms with Crippen molar-refractivity contribution in [2.24, 2.45) is 16.6 Å². The molecule has 0 bridgehead atoms. The molecule has 1 spiro atoms. The first-order chi connectivity index (χ1) is 19.4. The smallest absolute Gasteiger partial charge is 0.473 e. The molecule has 220 valence electrons. The van der Waals surface area contributed by atoms with Crippen LogP contribution in [0.25, 0.3) is 0 Å². The number of benzene rings is 2. The van der Waals surface area contributed by atoms with Gasteiger partial charge in [0.25, 0.3) is 5.91 Å². The number of ketones is 1. The average molecular weight is 613 g/mol. The van der Waals surface area contributed by atoms with E-state index in [4.69, 9.17) is 15.0 Å². The first kappa shape index (κ1) is 28.7. The predicted molar refractivity (Wildman–Crippen MR) is 150 cm³/mol. The van der Waals surface area contributed by atoms with Crippen LogP contribution >= 0.6 is 7.82 Å². The number of fused-ring (bicyclic) bond motifs is 3. The molecule has 2 heterocycles. The second-order valence-corrected chi connectivity index (χ2v) is 14.9. The van der Waals surface area contributed by atoms with E-state index in [1.54, 1.807) is 44.2 Å². The van der Waals surface area contributed by atoms with Crippen LogP contribution in [-0.2, 0) is 36.0 Å². The highest BCUT2D eigenvalue weighted by Gasteiger charge is 2.65. The Morgan fingerprint density at radius 2 is 1.71 bits per heavy atom. The van der Waals surface area contributed by atoms with E-state index in [1.807, 2.05) is 19.9 Å². The van der Waals surface area contributed by atoms with Crippen LogP contribution in [0.5, 0.6) is 5.75 Å². The Balaban J connectivity index is 1.67. The average Bonchev–Trinajstić information content (AvgIpc) is 3.14. The molecular weight excluding hydrogens is 583 g/mol. The van der Waals surface area contributed by atoms with Crippen molar-refractivity contribution >= 4 is 29.4 Å². The summed E-state index contributed by atoms with van der Waals surface area (Å²) in [5.41, 5.74) is 4.17. The third-order valence-electron chi connectivity index (χ3n) is 8.96. The molecule has 42 heavy (non-hydrogen) atoms. The Kier molecular flexibility index (Phi) is 5.88. The number of sulfone groups is 1. The number of carbonyl (C=O) groups is 2. The fourth-order valence-electron chi connectivity index (χ4n) is 6.63. The van der Waals surface area contributed by atoms with Gasteiger partial charge in [0.15, 0.2) is 11.4 Å². The van der Waals surface area contributed by atoms with Gasteiger partial charge in [-0.25, -0.2) is 17.5 Å². The lowest BCUT2D eigenvalue weighted by Gasteiger charge is -2.58. The molecule has 11 nitrogen and oxygen atoms in total. The first-order valence-electron chi connectivity index (χ1n) is 13.1. The number of phosphoric ester groups is 1.